The fourth-order valence-corrected chi connectivity index (χ4v) is 4.32. The Morgan fingerprint density at radius 1 is 0.842 bits per heavy atom. The van der Waals surface area contributed by atoms with Gasteiger partial charge < -0.3 is 15.2 Å². The molecule has 38 heavy (non-hydrogen) atoms. The molecule has 0 aliphatic heterocycles. The van der Waals surface area contributed by atoms with Crippen LogP contribution >= 0.6 is 0 Å². The van der Waals surface area contributed by atoms with Gasteiger partial charge in [-0.05, 0) is 34.7 Å². The zero-order valence-corrected chi connectivity index (χ0v) is 20.8. The SMILES string of the molecule is CC(C)(c1ccccc1)[C@H](NC(=O)c1ccc2ccccc2c1OCc1ccc(C(F)(F)F)cc1)C(=O)O. The Morgan fingerprint density at radius 2 is 1.47 bits per heavy atom. The van der Waals surface area contributed by atoms with Crippen LogP contribution in [0.15, 0.2) is 91.0 Å². The van der Waals surface area contributed by atoms with E-state index in [-0.39, 0.29) is 17.9 Å². The van der Waals surface area contributed by atoms with Crippen molar-refractivity contribution in [1.29, 1.82) is 0 Å². The predicted octanol–water partition coefficient (Wildman–Crippen LogP) is 6.60. The molecule has 0 saturated heterocycles. The van der Waals surface area contributed by atoms with Gasteiger partial charge in [-0.3, -0.25) is 4.79 Å². The maximum atomic E-state index is 13.5. The third kappa shape index (κ3) is 5.64. The Labute approximate surface area is 217 Å². The summed E-state index contributed by atoms with van der Waals surface area (Å²) < 4.78 is 44.8. The van der Waals surface area contributed by atoms with Crippen LogP contribution in [-0.4, -0.2) is 23.0 Å². The quantitative estimate of drug-likeness (QED) is 0.274. The average molecular weight is 522 g/mol. The standard InChI is InChI=1S/C30H26F3NO4/c1-29(2,21-9-4-3-5-10-21)26(28(36)37)34-27(35)24-17-14-20-8-6-7-11-23(20)25(24)38-18-19-12-15-22(16-13-19)30(31,32)33/h3-17,26H,18H2,1-2H3,(H,34,35)(H,36,37)/t26-/m1/s1. The lowest BCUT2D eigenvalue weighted by Gasteiger charge is -2.32. The number of halogens is 3. The zero-order valence-electron chi connectivity index (χ0n) is 20.8. The van der Waals surface area contributed by atoms with E-state index < -0.39 is 35.1 Å². The average Bonchev–Trinajstić information content (AvgIpc) is 2.90. The molecule has 1 amide bonds. The molecule has 0 saturated carbocycles. The highest BCUT2D eigenvalue weighted by atomic mass is 19.4. The van der Waals surface area contributed by atoms with Crippen LogP contribution in [0, 0.1) is 0 Å². The van der Waals surface area contributed by atoms with E-state index in [0.29, 0.717) is 10.9 Å². The van der Waals surface area contributed by atoms with Gasteiger partial charge in [0.25, 0.3) is 5.91 Å². The summed E-state index contributed by atoms with van der Waals surface area (Å²) in [7, 11) is 0. The van der Waals surface area contributed by atoms with Crippen molar-refractivity contribution in [2.75, 3.05) is 0 Å². The summed E-state index contributed by atoms with van der Waals surface area (Å²) >= 11 is 0. The third-order valence-electron chi connectivity index (χ3n) is 6.55. The number of rotatable bonds is 8. The summed E-state index contributed by atoms with van der Waals surface area (Å²) in [6, 6.07) is 22.8. The Bertz CT molecular complexity index is 1450. The molecule has 0 spiro atoms. The van der Waals surface area contributed by atoms with Crippen LogP contribution in [0.3, 0.4) is 0 Å². The van der Waals surface area contributed by atoms with Gasteiger partial charge in [0.15, 0.2) is 0 Å². The van der Waals surface area contributed by atoms with Gasteiger partial charge in [-0.2, -0.15) is 13.2 Å². The molecule has 0 unspecified atom stereocenters. The zero-order chi connectivity index (χ0) is 27.5. The molecule has 0 heterocycles. The monoisotopic (exact) mass is 521 g/mol. The number of alkyl halides is 3. The number of nitrogens with one attached hydrogen (secondary N) is 1. The number of aliphatic carboxylic acids is 1. The molecule has 5 nitrogen and oxygen atoms in total. The smallest absolute Gasteiger partial charge is 0.416 e. The molecule has 0 aromatic heterocycles. The van der Waals surface area contributed by atoms with Crippen LogP contribution in [-0.2, 0) is 23.0 Å². The fourth-order valence-electron chi connectivity index (χ4n) is 4.32. The summed E-state index contributed by atoms with van der Waals surface area (Å²) in [5, 5.41) is 14.1. The molecule has 8 heteroatoms. The van der Waals surface area contributed by atoms with Gasteiger partial charge in [0.1, 0.15) is 18.4 Å². The Hall–Kier alpha value is -4.33. The minimum atomic E-state index is -4.45. The van der Waals surface area contributed by atoms with Gasteiger partial charge in [-0.15, -0.1) is 0 Å². The van der Waals surface area contributed by atoms with E-state index in [1.54, 1.807) is 62.4 Å². The van der Waals surface area contributed by atoms with E-state index in [1.165, 1.54) is 12.1 Å². The minimum absolute atomic E-state index is 0.0930. The highest BCUT2D eigenvalue weighted by molar-refractivity contribution is 6.05. The van der Waals surface area contributed by atoms with E-state index in [0.717, 1.165) is 23.1 Å². The maximum Gasteiger partial charge on any atom is 0.416 e. The van der Waals surface area contributed by atoms with E-state index >= 15 is 0 Å². The second-order valence-electron chi connectivity index (χ2n) is 9.48. The largest absolute Gasteiger partial charge is 0.487 e. The molecule has 0 aliphatic rings. The van der Waals surface area contributed by atoms with Gasteiger partial charge in [0.05, 0.1) is 11.1 Å². The van der Waals surface area contributed by atoms with Crippen molar-refractivity contribution in [3.8, 4) is 5.75 Å². The van der Waals surface area contributed by atoms with Crippen molar-refractivity contribution in [3.05, 3.63) is 113 Å². The van der Waals surface area contributed by atoms with Crippen LogP contribution in [0.1, 0.15) is 40.9 Å². The molecule has 4 rings (SSSR count). The van der Waals surface area contributed by atoms with E-state index in [9.17, 15) is 27.9 Å². The van der Waals surface area contributed by atoms with Crippen molar-refractivity contribution in [2.24, 2.45) is 0 Å². The molecule has 196 valence electrons. The van der Waals surface area contributed by atoms with Gasteiger partial charge in [0, 0.05) is 10.8 Å². The number of amides is 1. The third-order valence-corrected chi connectivity index (χ3v) is 6.55. The molecule has 2 N–H and O–H groups in total. The van der Waals surface area contributed by atoms with Crippen molar-refractivity contribution in [3.63, 3.8) is 0 Å². The van der Waals surface area contributed by atoms with Crippen LogP contribution in [0.4, 0.5) is 13.2 Å². The highest BCUT2D eigenvalue weighted by Gasteiger charge is 2.38. The topological polar surface area (TPSA) is 75.6 Å². The molecule has 0 fully saturated rings. The van der Waals surface area contributed by atoms with Crippen molar-refractivity contribution < 1.29 is 32.6 Å². The first kappa shape index (κ1) is 26.7. The Morgan fingerprint density at radius 3 is 2.11 bits per heavy atom. The molecule has 4 aromatic carbocycles. The number of hydrogen-bond donors (Lipinski definition) is 2. The first-order valence-corrected chi connectivity index (χ1v) is 11.9. The molecule has 0 aliphatic carbocycles. The number of carboxylic acid groups (broad SMARTS) is 1. The molecule has 0 radical (unpaired) electrons. The van der Waals surface area contributed by atoms with E-state index in [1.807, 2.05) is 18.2 Å². The van der Waals surface area contributed by atoms with Crippen molar-refractivity contribution in [1.82, 2.24) is 5.32 Å². The lowest BCUT2D eigenvalue weighted by Crippen LogP contribution is -2.52. The highest BCUT2D eigenvalue weighted by Crippen LogP contribution is 2.33. The Balaban J connectivity index is 1.66. The summed E-state index contributed by atoms with van der Waals surface area (Å²) in [6.07, 6.45) is -4.45. The molecule has 1 atom stereocenters. The second kappa shape index (κ2) is 10.6. The van der Waals surface area contributed by atoms with E-state index in [2.05, 4.69) is 5.32 Å². The number of carboxylic acids is 1. The molecular weight excluding hydrogens is 495 g/mol. The predicted molar refractivity (Wildman–Crippen MR) is 138 cm³/mol. The first-order valence-electron chi connectivity index (χ1n) is 11.9. The molecular formula is C30H26F3NO4. The lowest BCUT2D eigenvalue weighted by atomic mass is 9.77. The van der Waals surface area contributed by atoms with Crippen molar-refractivity contribution in [2.45, 2.75) is 38.1 Å². The molecule has 4 aromatic rings. The van der Waals surface area contributed by atoms with Gasteiger partial charge in [0.2, 0.25) is 0 Å². The summed E-state index contributed by atoms with van der Waals surface area (Å²) in [5.74, 6) is -1.63. The van der Waals surface area contributed by atoms with Crippen LogP contribution in [0.2, 0.25) is 0 Å². The van der Waals surface area contributed by atoms with Crippen LogP contribution in [0.5, 0.6) is 5.75 Å². The van der Waals surface area contributed by atoms with Gasteiger partial charge in [-0.1, -0.05) is 86.6 Å². The van der Waals surface area contributed by atoms with E-state index in [4.69, 9.17) is 4.74 Å². The number of benzene rings is 4. The molecule has 0 bridgehead atoms. The number of carbonyl (C=O) groups excluding carboxylic acids is 1. The summed E-state index contributed by atoms with van der Waals surface area (Å²) in [6.45, 7) is 3.39. The first-order chi connectivity index (χ1) is 18.0. The van der Waals surface area contributed by atoms with Crippen molar-refractivity contribution >= 4 is 22.6 Å². The lowest BCUT2D eigenvalue weighted by molar-refractivity contribution is -0.141. The number of fused-ring (bicyclic) bond motifs is 1. The second-order valence-corrected chi connectivity index (χ2v) is 9.48. The maximum absolute atomic E-state index is 13.5. The van der Waals surface area contributed by atoms with Crippen LogP contribution < -0.4 is 10.1 Å². The van der Waals surface area contributed by atoms with Gasteiger partial charge >= 0.3 is 12.1 Å². The number of carbonyl (C=O) groups is 2. The fraction of sp³-hybridized carbons (Fsp3) is 0.200. The minimum Gasteiger partial charge on any atom is -0.487 e. The summed E-state index contributed by atoms with van der Waals surface area (Å²) in [4.78, 5) is 25.8. The normalized spacial score (nSPS) is 12.7. The number of hydrogen-bond acceptors (Lipinski definition) is 3. The summed E-state index contributed by atoms with van der Waals surface area (Å²) in [5.41, 5.74) is -0.380. The van der Waals surface area contributed by atoms with Gasteiger partial charge in [-0.25, -0.2) is 4.79 Å². The Kier molecular flexibility index (Phi) is 7.44. The number of ether oxygens (including phenoxy) is 1. The van der Waals surface area contributed by atoms with Crippen LogP contribution in [0.25, 0.3) is 10.8 Å².